The summed E-state index contributed by atoms with van der Waals surface area (Å²) >= 11 is 1.48. The number of thioether (sulfide) groups is 1. The fourth-order valence-electron chi connectivity index (χ4n) is 1.49. The van der Waals surface area contributed by atoms with Gasteiger partial charge in [-0.05, 0) is 26.0 Å². The van der Waals surface area contributed by atoms with Gasteiger partial charge in [-0.15, -0.1) is 11.8 Å². The third kappa shape index (κ3) is 3.10. The molecule has 0 atom stereocenters. The van der Waals surface area contributed by atoms with Crippen molar-refractivity contribution in [2.75, 3.05) is 11.1 Å². The molecule has 2 aromatic rings. The SMILES string of the molecule is Cc1n[nH]c(C)c1NC(=O)CSc1ccncc1. The van der Waals surface area contributed by atoms with E-state index in [-0.39, 0.29) is 5.91 Å². The van der Waals surface area contributed by atoms with Crippen molar-refractivity contribution in [1.29, 1.82) is 0 Å². The summed E-state index contributed by atoms with van der Waals surface area (Å²) in [6.45, 7) is 3.74. The molecule has 2 aromatic heterocycles. The van der Waals surface area contributed by atoms with Crippen LogP contribution in [0.25, 0.3) is 0 Å². The summed E-state index contributed by atoms with van der Waals surface area (Å²) in [6.07, 6.45) is 3.43. The van der Waals surface area contributed by atoms with Crippen molar-refractivity contribution in [2.24, 2.45) is 0 Å². The molecule has 0 aromatic carbocycles. The van der Waals surface area contributed by atoms with E-state index in [0.717, 1.165) is 22.0 Å². The van der Waals surface area contributed by atoms with E-state index in [1.54, 1.807) is 12.4 Å². The number of aromatic nitrogens is 3. The number of aryl methyl sites for hydroxylation is 2. The first-order chi connectivity index (χ1) is 8.66. The van der Waals surface area contributed by atoms with Gasteiger partial charge in [-0.3, -0.25) is 14.9 Å². The van der Waals surface area contributed by atoms with E-state index in [0.29, 0.717) is 5.75 Å². The smallest absolute Gasteiger partial charge is 0.234 e. The number of carbonyl (C=O) groups excluding carboxylic acids is 1. The second-order valence-electron chi connectivity index (χ2n) is 3.83. The highest BCUT2D eigenvalue weighted by molar-refractivity contribution is 8.00. The normalized spacial score (nSPS) is 10.3. The molecule has 0 saturated heterocycles. The predicted molar refractivity (Wildman–Crippen MR) is 71.7 cm³/mol. The van der Waals surface area contributed by atoms with E-state index < -0.39 is 0 Å². The van der Waals surface area contributed by atoms with Crippen LogP contribution in [0.1, 0.15) is 11.4 Å². The van der Waals surface area contributed by atoms with Crippen molar-refractivity contribution in [1.82, 2.24) is 15.2 Å². The standard InChI is InChI=1S/C12H14N4OS/c1-8-12(9(2)16-15-8)14-11(17)7-18-10-3-5-13-6-4-10/h3-6H,7H2,1-2H3,(H,14,17)(H,15,16). The van der Waals surface area contributed by atoms with E-state index in [4.69, 9.17) is 0 Å². The summed E-state index contributed by atoms with van der Waals surface area (Å²) in [7, 11) is 0. The van der Waals surface area contributed by atoms with Crippen LogP contribution in [0.15, 0.2) is 29.4 Å². The molecule has 0 aliphatic rings. The minimum Gasteiger partial charge on any atom is -0.322 e. The average molecular weight is 262 g/mol. The van der Waals surface area contributed by atoms with Crippen LogP contribution in [-0.4, -0.2) is 26.8 Å². The van der Waals surface area contributed by atoms with E-state index in [9.17, 15) is 4.79 Å². The summed E-state index contributed by atoms with van der Waals surface area (Å²) in [5, 5.41) is 9.73. The summed E-state index contributed by atoms with van der Waals surface area (Å²) in [5.41, 5.74) is 2.44. The number of H-pyrrole nitrogens is 1. The monoisotopic (exact) mass is 262 g/mol. The molecule has 0 aliphatic carbocycles. The van der Waals surface area contributed by atoms with Gasteiger partial charge in [0.05, 0.1) is 22.8 Å². The molecule has 0 saturated carbocycles. The van der Waals surface area contributed by atoms with Gasteiger partial charge in [-0.25, -0.2) is 0 Å². The number of pyridine rings is 1. The molecular weight excluding hydrogens is 248 g/mol. The van der Waals surface area contributed by atoms with Crippen LogP contribution in [0, 0.1) is 13.8 Å². The minimum atomic E-state index is -0.0376. The van der Waals surface area contributed by atoms with Gasteiger partial charge in [0.1, 0.15) is 0 Å². The Morgan fingerprint density at radius 1 is 1.39 bits per heavy atom. The molecule has 0 aliphatic heterocycles. The van der Waals surface area contributed by atoms with Crippen LogP contribution in [0.5, 0.6) is 0 Å². The quantitative estimate of drug-likeness (QED) is 0.828. The van der Waals surface area contributed by atoms with Crippen molar-refractivity contribution >= 4 is 23.4 Å². The minimum absolute atomic E-state index is 0.0376. The molecular formula is C12H14N4OS. The zero-order chi connectivity index (χ0) is 13.0. The Morgan fingerprint density at radius 3 is 2.72 bits per heavy atom. The third-order valence-electron chi connectivity index (χ3n) is 2.41. The van der Waals surface area contributed by atoms with Gasteiger partial charge in [0.2, 0.25) is 5.91 Å². The van der Waals surface area contributed by atoms with Gasteiger partial charge in [-0.1, -0.05) is 0 Å². The Bertz CT molecular complexity index is 519. The fourth-order valence-corrected chi connectivity index (χ4v) is 2.18. The molecule has 2 N–H and O–H groups in total. The summed E-state index contributed by atoms with van der Waals surface area (Å²) in [5.74, 6) is 0.332. The van der Waals surface area contributed by atoms with Crippen LogP contribution in [-0.2, 0) is 4.79 Å². The van der Waals surface area contributed by atoms with Gasteiger partial charge in [0, 0.05) is 17.3 Å². The van der Waals surface area contributed by atoms with Crippen molar-refractivity contribution in [2.45, 2.75) is 18.7 Å². The highest BCUT2D eigenvalue weighted by atomic mass is 32.2. The first-order valence-electron chi connectivity index (χ1n) is 5.51. The molecule has 0 bridgehead atoms. The molecule has 94 valence electrons. The van der Waals surface area contributed by atoms with E-state index >= 15 is 0 Å². The van der Waals surface area contributed by atoms with Crippen molar-refractivity contribution in [3.63, 3.8) is 0 Å². The summed E-state index contributed by atoms with van der Waals surface area (Å²) in [4.78, 5) is 16.8. The fraction of sp³-hybridized carbons (Fsp3) is 0.250. The Kier molecular flexibility index (Phi) is 3.99. The number of anilines is 1. The Morgan fingerprint density at radius 2 is 2.11 bits per heavy atom. The molecule has 2 heterocycles. The summed E-state index contributed by atoms with van der Waals surface area (Å²) < 4.78 is 0. The van der Waals surface area contributed by atoms with Crippen LogP contribution < -0.4 is 5.32 Å². The molecule has 6 heteroatoms. The van der Waals surface area contributed by atoms with Gasteiger partial charge >= 0.3 is 0 Å². The van der Waals surface area contributed by atoms with Gasteiger partial charge in [0.15, 0.2) is 0 Å². The van der Waals surface area contributed by atoms with E-state index in [2.05, 4.69) is 20.5 Å². The lowest BCUT2D eigenvalue weighted by atomic mass is 10.3. The molecule has 0 spiro atoms. The number of nitrogens with one attached hydrogen (secondary N) is 2. The third-order valence-corrected chi connectivity index (χ3v) is 3.42. The molecule has 0 fully saturated rings. The first kappa shape index (κ1) is 12.6. The highest BCUT2D eigenvalue weighted by Gasteiger charge is 2.10. The lowest BCUT2D eigenvalue weighted by Gasteiger charge is -2.05. The Hall–Kier alpha value is -1.82. The predicted octanol–water partition coefficient (Wildman–Crippen LogP) is 2.15. The number of aromatic amines is 1. The lowest BCUT2D eigenvalue weighted by Crippen LogP contribution is -2.14. The van der Waals surface area contributed by atoms with Gasteiger partial charge in [-0.2, -0.15) is 5.10 Å². The molecule has 1 amide bonds. The number of hydrogen-bond acceptors (Lipinski definition) is 4. The molecule has 0 radical (unpaired) electrons. The maximum absolute atomic E-state index is 11.8. The average Bonchev–Trinajstić information content (AvgIpc) is 2.69. The zero-order valence-electron chi connectivity index (χ0n) is 10.2. The Labute approximate surface area is 109 Å². The summed E-state index contributed by atoms with van der Waals surface area (Å²) in [6, 6.07) is 3.76. The molecule has 0 unspecified atom stereocenters. The first-order valence-corrected chi connectivity index (χ1v) is 6.49. The molecule has 2 rings (SSSR count). The van der Waals surface area contributed by atoms with Crippen LogP contribution in [0.3, 0.4) is 0 Å². The molecule has 5 nitrogen and oxygen atoms in total. The number of carbonyl (C=O) groups is 1. The van der Waals surface area contributed by atoms with Crippen LogP contribution in [0.2, 0.25) is 0 Å². The van der Waals surface area contributed by atoms with Crippen molar-refractivity contribution < 1.29 is 4.79 Å². The molecule has 18 heavy (non-hydrogen) atoms. The van der Waals surface area contributed by atoms with Crippen LogP contribution in [0.4, 0.5) is 5.69 Å². The van der Waals surface area contributed by atoms with Crippen LogP contribution >= 0.6 is 11.8 Å². The second-order valence-corrected chi connectivity index (χ2v) is 4.88. The van der Waals surface area contributed by atoms with Crippen molar-refractivity contribution in [3.8, 4) is 0 Å². The zero-order valence-corrected chi connectivity index (χ0v) is 11.0. The highest BCUT2D eigenvalue weighted by Crippen LogP contribution is 2.19. The largest absolute Gasteiger partial charge is 0.322 e. The van der Waals surface area contributed by atoms with Crippen molar-refractivity contribution in [3.05, 3.63) is 35.9 Å². The van der Waals surface area contributed by atoms with E-state index in [1.165, 1.54) is 11.8 Å². The number of rotatable bonds is 4. The van der Waals surface area contributed by atoms with E-state index in [1.807, 2.05) is 26.0 Å². The number of amides is 1. The maximum atomic E-state index is 11.8. The van der Waals surface area contributed by atoms with Gasteiger partial charge < -0.3 is 5.32 Å². The Balaban J connectivity index is 1.90. The topological polar surface area (TPSA) is 70.7 Å². The second kappa shape index (κ2) is 5.68. The van der Waals surface area contributed by atoms with Gasteiger partial charge in [0.25, 0.3) is 0 Å². The lowest BCUT2D eigenvalue weighted by molar-refractivity contribution is -0.113. The number of hydrogen-bond donors (Lipinski definition) is 2. The maximum Gasteiger partial charge on any atom is 0.234 e. The number of nitrogens with zero attached hydrogens (tertiary/aromatic N) is 2.